The standard InChI is InChI=1S/C22H27N3O4/c1-15(22(27)25-14-21(26)23-17-7-5-6-8-18(17)25)24(2)12-11-16-9-10-19(28-3)20(13-16)29-4/h5-10,13,15H,11-12,14H2,1-4H3,(H,23,26)/p+1/t15-/m0/s1. The van der Waals surface area contributed by atoms with Crippen LogP contribution in [-0.2, 0) is 16.0 Å². The van der Waals surface area contributed by atoms with Gasteiger partial charge < -0.3 is 19.7 Å². The van der Waals surface area contributed by atoms with E-state index < -0.39 is 0 Å². The van der Waals surface area contributed by atoms with Gasteiger partial charge in [-0.05, 0) is 36.8 Å². The van der Waals surface area contributed by atoms with Crippen molar-refractivity contribution in [1.82, 2.24) is 0 Å². The summed E-state index contributed by atoms with van der Waals surface area (Å²) in [6.07, 6.45) is 0.793. The zero-order valence-electron chi connectivity index (χ0n) is 17.3. The lowest BCUT2D eigenvalue weighted by atomic mass is 10.1. The molecular weight excluding hydrogens is 370 g/mol. The van der Waals surface area contributed by atoms with E-state index in [2.05, 4.69) is 5.32 Å². The number of ether oxygens (including phenoxy) is 2. The fourth-order valence-corrected chi connectivity index (χ4v) is 3.47. The lowest BCUT2D eigenvalue weighted by Crippen LogP contribution is -3.14. The smallest absolute Gasteiger partial charge is 0.285 e. The van der Waals surface area contributed by atoms with Gasteiger partial charge in [0.1, 0.15) is 6.54 Å². The number of fused-ring (bicyclic) bond motifs is 1. The Hall–Kier alpha value is -3.06. The Balaban J connectivity index is 1.67. The molecule has 2 aromatic rings. The maximum Gasteiger partial charge on any atom is 0.285 e. The Morgan fingerprint density at radius 2 is 1.90 bits per heavy atom. The van der Waals surface area contributed by atoms with Crippen molar-refractivity contribution in [2.24, 2.45) is 0 Å². The average Bonchev–Trinajstić information content (AvgIpc) is 2.75. The molecule has 0 saturated carbocycles. The number of para-hydroxylation sites is 2. The van der Waals surface area contributed by atoms with E-state index in [1.807, 2.05) is 56.4 Å². The van der Waals surface area contributed by atoms with Gasteiger partial charge in [-0.25, -0.2) is 0 Å². The quantitative estimate of drug-likeness (QED) is 0.734. The minimum Gasteiger partial charge on any atom is -0.493 e. The molecule has 0 aromatic heterocycles. The zero-order valence-corrected chi connectivity index (χ0v) is 17.3. The number of benzene rings is 2. The first kappa shape index (κ1) is 20.7. The van der Waals surface area contributed by atoms with Gasteiger partial charge in [0.25, 0.3) is 5.91 Å². The molecule has 2 N–H and O–H groups in total. The van der Waals surface area contributed by atoms with E-state index in [0.717, 1.165) is 29.1 Å². The van der Waals surface area contributed by atoms with Gasteiger partial charge in [0.05, 0.1) is 39.2 Å². The van der Waals surface area contributed by atoms with Crippen molar-refractivity contribution < 1.29 is 24.0 Å². The number of likely N-dealkylation sites (N-methyl/N-ethyl adjacent to an activating group) is 1. The number of methoxy groups -OCH3 is 2. The van der Waals surface area contributed by atoms with E-state index in [0.29, 0.717) is 17.2 Å². The van der Waals surface area contributed by atoms with Gasteiger partial charge in [-0.15, -0.1) is 0 Å². The van der Waals surface area contributed by atoms with Gasteiger partial charge in [0, 0.05) is 6.42 Å². The molecule has 2 atom stereocenters. The molecule has 2 amide bonds. The maximum atomic E-state index is 13.1. The third-order valence-electron chi connectivity index (χ3n) is 5.40. The lowest BCUT2D eigenvalue weighted by Gasteiger charge is -2.32. The number of nitrogens with one attached hydrogen (secondary N) is 2. The minimum absolute atomic E-state index is 0.0448. The Bertz CT molecular complexity index is 899. The Kier molecular flexibility index (Phi) is 6.39. The lowest BCUT2D eigenvalue weighted by molar-refractivity contribution is -0.893. The van der Waals surface area contributed by atoms with Crippen LogP contribution in [0.3, 0.4) is 0 Å². The molecule has 3 rings (SSSR count). The van der Waals surface area contributed by atoms with Crippen LogP contribution in [0.5, 0.6) is 11.5 Å². The normalized spacial score (nSPS) is 15.2. The van der Waals surface area contributed by atoms with Gasteiger partial charge in [-0.2, -0.15) is 0 Å². The van der Waals surface area contributed by atoms with E-state index in [1.54, 1.807) is 19.1 Å². The number of hydrogen-bond acceptors (Lipinski definition) is 4. The van der Waals surface area contributed by atoms with Crippen LogP contribution in [0.4, 0.5) is 11.4 Å². The highest BCUT2D eigenvalue weighted by molar-refractivity contribution is 6.10. The van der Waals surface area contributed by atoms with Crippen LogP contribution in [0.2, 0.25) is 0 Å². The molecule has 2 aromatic carbocycles. The van der Waals surface area contributed by atoms with Crippen LogP contribution in [0.1, 0.15) is 12.5 Å². The molecule has 7 heteroatoms. The molecule has 1 aliphatic rings. The molecule has 0 saturated heterocycles. The summed E-state index contributed by atoms with van der Waals surface area (Å²) in [5, 5.41) is 2.82. The summed E-state index contributed by atoms with van der Waals surface area (Å²) in [5.74, 6) is 1.16. The maximum absolute atomic E-state index is 13.1. The summed E-state index contributed by atoms with van der Waals surface area (Å²) in [6.45, 7) is 2.72. The zero-order chi connectivity index (χ0) is 21.0. The topological polar surface area (TPSA) is 72.3 Å². The first-order valence-electron chi connectivity index (χ1n) is 9.68. The van der Waals surface area contributed by atoms with E-state index in [9.17, 15) is 9.59 Å². The van der Waals surface area contributed by atoms with Gasteiger partial charge in [0.15, 0.2) is 17.5 Å². The number of carbonyl (C=O) groups is 2. The predicted octanol–water partition coefficient (Wildman–Crippen LogP) is 1.13. The highest BCUT2D eigenvalue weighted by Crippen LogP contribution is 2.29. The highest BCUT2D eigenvalue weighted by atomic mass is 16.5. The number of anilines is 2. The van der Waals surface area contributed by atoms with Crippen LogP contribution in [-0.4, -0.2) is 52.2 Å². The van der Waals surface area contributed by atoms with Crippen molar-refractivity contribution in [3.8, 4) is 11.5 Å². The van der Waals surface area contributed by atoms with E-state index in [1.165, 1.54) is 0 Å². The van der Waals surface area contributed by atoms with Gasteiger partial charge in [-0.3, -0.25) is 14.5 Å². The fraction of sp³-hybridized carbons (Fsp3) is 0.364. The summed E-state index contributed by atoms with van der Waals surface area (Å²) in [5.41, 5.74) is 2.54. The summed E-state index contributed by atoms with van der Waals surface area (Å²) >= 11 is 0. The molecule has 0 radical (unpaired) electrons. The first-order valence-corrected chi connectivity index (χ1v) is 9.68. The third-order valence-corrected chi connectivity index (χ3v) is 5.40. The Morgan fingerprint density at radius 1 is 1.17 bits per heavy atom. The molecule has 29 heavy (non-hydrogen) atoms. The summed E-state index contributed by atoms with van der Waals surface area (Å²) in [7, 11) is 5.23. The van der Waals surface area contributed by atoms with Crippen molar-refractivity contribution in [3.05, 3.63) is 48.0 Å². The molecule has 0 aliphatic carbocycles. The monoisotopic (exact) mass is 398 g/mol. The molecular formula is C22H28N3O4+. The number of carbonyl (C=O) groups excluding carboxylic acids is 2. The molecule has 7 nitrogen and oxygen atoms in total. The molecule has 0 spiro atoms. The molecule has 154 valence electrons. The number of hydrogen-bond donors (Lipinski definition) is 2. The molecule has 1 heterocycles. The SMILES string of the molecule is COc1ccc(CC[NH+](C)[C@@H](C)C(=O)N2CC(=O)Nc3ccccc32)cc1OC. The van der Waals surface area contributed by atoms with Crippen LogP contribution < -0.4 is 24.6 Å². The van der Waals surface area contributed by atoms with E-state index in [-0.39, 0.29) is 24.4 Å². The van der Waals surface area contributed by atoms with Crippen molar-refractivity contribution in [3.63, 3.8) is 0 Å². The molecule has 0 fully saturated rings. The summed E-state index contributed by atoms with van der Waals surface area (Å²) < 4.78 is 10.6. The van der Waals surface area contributed by atoms with Gasteiger partial charge in [0.2, 0.25) is 5.91 Å². The van der Waals surface area contributed by atoms with Crippen molar-refractivity contribution in [1.29, 1.82) is 0 Å². The van der Waals surface area contributed by atoms with Crippen LogP contribution in [0.25, 0.3) is 0 Å². The second kappa shape index (κ2) is 8.96. The van der Waals surface area contributed by atoms with Crippen LogP contribution in [0, 0.1) is 0 Å². The highest BCUT2D eigenvalue weighted by Gasteiger charge is 2.33. The number of quaternary nitrogens is 1. The largest absolute Gasteiger partial charge is 0.493 e. The number of amides is 2. The predicted molar refractivity (Wildman–Crippen MR) is 112 cm³/mol. The first-order chi connectivity index (χ1) is 13.9. The summed E-state index contributed by atoms with van der Waals surface area (Å²) in [6, 6.07) is 13.0. The molecule has 1 aliphatic heterocycles. The number of nitrogens with zero attached hydrogens (tertiary/aromatic N) is 1. The molecule has 1 unspecified atom stereocenters. The van der Waals surface area contributed by atoms with Crippen LogP contribution >= 0.6 is 0 Å². The second-order valence-corrected chi connectivity index (χ2v) is 7.25. The van der Waals surface area contributed by atoms with E-state index >= 15 is 0 Å². The summed E-state index contributed by atoms with van der Waals surface area (Å²) in [4.78, 5) is 27.8. The van der Waals surface area contributed by atoms with Gasteiger partial charge in [-0.1, -0.05) is 18.2 Å². The van der Waals surface area contributed by atoms with Gasteiger partial charge >= 0.3 is 0 Å². The average molecular weight is 398 g/mol. The third kappa shape index (κ3) is 4.51. The minimum atomic E-state index is -0.283. The Morgan fingerprint density at radius 3 is 2.62 bits per heavy atom. The Labute approximate surface area is 171 Å². The fourth-order valence-electron chi connectivity index (χ4n) is 3.47. The van der Waals surface area contributed by atoms with Crippen molar-refractivity contribution >= 4 is 23.2 Å². The van der Waals surface area contributed by atoms with E-state index in [4.69, 9.17) is 9.47 Å². The van der Waals surface area contributed by atoms with Crippen LogP contribution in [0.15, 0.2) is 42.5 Å². The molecule has 0 bridgehead atoms. The second-order valence-electron chi connectivity index (χ2n) is 7.25. The number of rotatable bonds is 7. The van der Waals surface area contributed by atoms with Crippen molar-refractivity contribution in [2.75, 3.05) is 44.6 Å². The van der Waals surface area contributed by atoms with Crippen molar-refractivity contribution in [2.45, 2.75) is 19.4 Å².